The van der Waals surface area contributed by atoms with Crippen LogP contribution in [0.4, 0.5) is 0 Å². The number of aliphatic hydroxyl groups excluding tert-OH is 1. The van der Waals surface area contributed by atoms with Crippen LogP contribution < -0.4 is 0 Å². The van der Waals surface area contributed by atoms with Gasteiger partial charge in [-0.25, -0.2) is 8.42 Å². The Morgan fingerprint density at radius 1 is 0.650 bits per heavy atom. The lowest BCUT2D eigenvalue weighted by Gasteiger charge is -2.04. The SMILES string of the molecule is CCCCCCCS(=O)(=O)CCCCCCC.CCO. The van der Waals surface area contributed by atoms with Crippen molar-refractivity contribution >= 4 is 9.84 Å². The van der Waals surface area contributed by atoms with Gasteiger partial charge in [0.1, 0.15) is 9.84 Å². The Morgan fingerprint density at radius 3 is 1.25 bits per heavy atom. The number of unbranched alkanes of at least 4 members (excludes halogenated alkanes) is 8. The van der Waals surface area contributed by atoms with Crippen molar-refractivity contribution in [3.63, 3.8) is 0 Å². The van der Waals surface area contributed by atoms with Gasteiger partial charge in [-0.3, -0.25) is 0 Å². The topological polar surface area (TPSA) is 54.4 Å². The van der Waals surface area contributed by atoms with Gasteiger partial charge in [0.05, 0.1) is 11.5 Å². The molecule has 3 nitrogen and oxygen atoms in total. The highest BCUT2D eigenvalue weighted by Crippen LogP contribution is 2.08. The molecule has 0 saturated heterocycles. The molecule has 0 atom stereocenters. The van der Waals surface area contributed by atoms with E-state index in [9.17, 15) is 8.42 Å². The zero-order chi connectivity index (χ0) is 15.7. The Balaban J connectivity index is 0. The molecule has 0 spiro atoms. The molecule has 0 unspecified atom stereocenters. The molecule has 0 bridgehead atoms. The zero-order valence-corrected chi connectivity index (χ0v) is 14.7. The molecule has 0 heterocycles. The average molecular weight is 309 g/mol. The van der Waals surface area contributed by atoms with E-state index < -0.39 is 9.84 Å². The summed E-state index contributed by atoms with van der Waals surface area (Å²) in [6, 6.07) is 0. The van der Waals surface area contributed by atoms with Crippen LogP contribution in [0.25, 0.3) is 0 Å². The number of hydrogen-bond donors (Lipinski definition) is 1. The third kappa shape index (κ3) is 20.2. The first-order chi connectivity index (χ1) is 9.54. The van der Waals surface area contributed by atoms with E-state index in [1.54, 1.807) is 6.92 Å². The summed E-state index contributed by atoms with van der Waals surface area (Å²) < 4.78 is 23.4. The molecule has 0 fully saturated rings. The summed E-state index contributed by atoms with van der Waals surface area (Å²) in [5.41, 5.74) is 0. The van der Waals surface area contributed by atoms with Gasteiger partial charge in [0, 0.05) is 6.61 Å². The summed E-state index contributed by atoms with van der Waals surface area (Å²) >= 11 is 0. The summed E-state index contributed by atoms with van der Waals surface area (Å²) in [5.74, 6) is 0.814. The molecule has 0 aliphatic heterocycles. The lowest BCUT2D eigenvalue weighted by molar-refractivity contribution is 0.318. The Bertz CT molecular complexity index is 241. The van der Waals surface area contributed by atoms with E-state index in [1.807, 2.05) is 0 Å². The van der Waals surface area contributed by atoms with Crippen molar-refractivity contribution in [2.75, 3.05) is 18.1 Å². The van der Waals surface area contributed by atoms with Crippen LogP contribution in [0.1, 0.15) is 85.0 Å². The molecule has 0 amide bonds. The van der Waals surface area contributed by atoms with Crippen LogP contribution in [0.3, 0.4) is 0 Å². The molecular formula is C16H36O3S. The maximum absolute atomic E-state index is 11.7. The summed E-state index contributed by atoms with van der Waals surface area (Å²) in [4.78, 5) is 0. The second-order valence-corrected chi connectivity index (χ2v) is 7.60. The summed E-state index contributed by atoms with van der Waals surface area (Å²) in [6.45, 7) is 6.28. The van der Waals surface area contributed by atoms with Gasteiger partial charge in [-0.2, -0.15) is 0 Å². The molecule has 0 saturated carbocycles. The number of rotatable bonds is 12. The Hall–Kier alpha value is -0.0900. The lowest BCUT2D eigenvalue weighted by Crippen LogP contribution is -2.11. The van der Waals surface area contributed by atoms with Gasteiger partial charge in [-0.05, 0) is 19.8 Å². The Kier molecular flexibility index (Phi) is 18.8. The molecule has 0 radical (unpaired) electrons. The fourth-order valence-electron chi connectivity index (χ4n) is 1.95. The van der Waals surface area contributed by atoms with Crippen molar-refractivity contribution < 1.29 is 13.5 Å². The van der Waals surface area contributed by atoms with Crippen molar-refractivity contribution in [1.29, 1.82) is 0 Å². The van der Waals surface area contributed by atoms with E-state index >= 15 is 0 Å². The van der Waals surface area contributed by atoms with Crippen molar-refractivity contribution in [2.45, 2.75) is 85.0 Å². The predicted octanol–water partition coefficient (Wildman–Crippen LogP) is 4.34. The Labute approximate surface area is 127 Å². The van der Waals surface area contributed by atoms with Crippen LogP contribution in [0.15, 0.2) is 0 Å². The molecule has 0 aliphatic rings. The van der Waals surface area contributed by atoms with E-state index in [-0.39, 0.29) is 6.61 Å². The van der Waals surface area contributed by atoms with E-state index in [2.05, 4.69) is 13.8 Å². The quantitative estimate of drug-likeness (QED) is 0.546. The highest BCUT2D eigenvalue weighted by atomic mass is 32.2. The minimum Gasteiger partial charge on any atom is -0.397 e. The van der Waals surface area contributed by atoms with Crippen molar-refractivity contribution in [2.24, 2.45) is 0 Å². The van der Waals surface area contributed by atoms with Gasteiger partial charge in [0.2, 0.25) is 0 Å². The van der Waals surface area contributed by atoms with Gasteiger partial charge in [0.15, 0.2) is 0 Å². The smallest absolute Gasteiger partial charge is 0.150 e. The third-order valence-electron chi connectivity index (χ3n) is 3.12. The largest absolute Gasteiger partial charge is 0.397 e. The average Bonchev–Trinajstić information content (AvgIpc) is 2.39. The monoisotopic (exact) mass is 308 g/mol. The van der Waals surface area contributed by atoms with Crippen LogP contribution in [0.2, 0.25) is 0 Å². The van der Waals surface area contributed by atoms with E-state index in [4.69, 9.17) is 5.11 Å². The molecule has 0 aromatic rings. The minimum atomic E-state index is -2.76. The standard InChI is InChI=1S/C14H30O2S.C2H6O/c1-3-5-7-9-11-13-17(15,16)14-12-10-8-6-4-2;1-2-3/h3-14H2,1-2H3;3H,2H2,1H3. The van der Waals surface area contributed by atoms with Gasteiger partial charge < -0.3 is 5.11 Å². The summed E-state index contributed by atoms with van der Waals surface area (Å²) in [7, 11) is -2.76. The third-order valence-corrected chi connectivity index (χ3v) is 4.94. The van der Waals surface area contributed by atoms with Gasteiger partial charge in [0.25, 0.3) is 0 Å². The number of hydrogen-bond acceptors (Lipinski definition) is 3. The molecule has 0 aromatic carbocycles. The summed E-state index contributed by atoms with van der Waals surface area (Å²) in [5, 5.41) is 7.57. The predicted molar refractivity (Wildman–Crippen MR) is 88.9 cm³/mol. The summed E-state index contributed by atoms with van der Waals surface area (Å²) in [6.07, 6.45) is 11.1. The normalized spacial score (nSPS) is 11.0. The van der Waals surface area contributed by atoms with Crippen LogP contribution >= 0.6 is 0 Å². The van der Waals surface area contributed by atoms with Crippen molar-refractivity contribution in [3.05, 3.63) is 0 Å². The second kappa shape index (κ2) is 17.0. The van der Waals surface area contributed by atoms with Crippen LogP contribution in [-0.2, 0) is 9.84 Å². The molecular weight excluding hydrogens is 272 g/mol. The fourth-order valence-corrected chi connectivity index (χ4v) is 3.45. The molecule has 0 rings (SSSR count). The Morgan fingerprint density at radius 2 is 0.950 bits per heavy atom. The maximum Gasteiger partial charge on any atom is 0.150 e. The van der Waals surface area contributed by atoms with E-state index in [0.29, 0.717) is 11.5 Å². The molecule has 124 valence electrons. The highest BCUT2D eigenvalue weighted by Gasteiger charge is 2.09. The lowest BCUT2D eigenvalue weighted by atomic mass is 10.2. The van der Waals surface area contributed by atoms with Crippen LogP contribution in [-0.4, -0.2) is 31.6 Å². The first kappa shape index (κ1) is 22.2. The number of sulfone groups is 1. The molecule has 0 aliphatic carbocycles. The first-order valence-corrected chi connectivity index (χ1v) is 10.2. The fraction of sp³-hybridized carbons (Fsp3) is 1.00. The molecule has 0 aromatic heterocycles. The van der Waals surface area contributed by atoms with Crippen molar-refractivity contribution in [3.8, 4) is 0 Å². The molecule has 20 heavy (non-hydrogen) atoms. The zero-order valence-electron chi connectivity index (χ0n) is 13.9. The van der Waals surface area contributed by atoms with Gasteiger partial charge >= 0.3 is 0 Å². The minimum absolute atomic E-state index is 0.250. The van der Waals surface area contributed by atoms with E-state index in [1.165, 1.54) is 38.5 Å². The van der Waals surface area contributed by atoms with Crippen LogP contribution in [0.5, 0.6) is 0 Å². The highest BCUT2D eigenvalue weighted by molar-refractivity contribution is 7.91. The second-order valence-electron chi connectivity index (χ2n) is 5.30. The maximum atomic E-state index is 11.7. The van der Waals surface area contributed by atoms with Crippen LogP contribution in [0, 0.1) is 0 Å². The molecule has 4 heteroatoms. The van der Waals surface area contributed by atoms with Gasteiger partial charge in [-0.1, -0.05) is 65.2 Å². The van der Waals surface area contributed by atoms with Gasteiger partial charge in [-0.15, -0.1) is 0 Å². The van der Waals surface area contributed by atoms with E-state index in [0.717, 1.165) is 25.7 Å². The number of aliphatic hydroxyl groups is 1. The molecule has 1 N–H and O–H groups in total. The first-order valence-electron chi connectivity index (χ1n) is 8.35. The van der Waals surface area contributed by atoms with Crippen molar-refractivity contribution in [1.82, 2.24) is 0 Å².